The number of aromatic amines is 1. The Morgan fingerprint density at radius 2 is 1.69 bits per heavy atom. The van der Waals surface area contributed by atoms with Crippen LogP contribution in [0.4, 0.5) is 23.1 Å². The Morgan fingerprint density at radius 3 is 2.38 bits per heavy atom. The van der Waals surface area contributed by atoms with Gasteiger partial charge in [-0.3, -0.25) is 19.4 Å². The van der Waals surface area contributed by atoms with Crippen LogP contribution in [0, 0.1) is 0 Å². The van der Waals surface area contributed by atoms with Gasteiger partial charge in [-0.2, -0.15) is 4.98 Å². The van der Waals surface area contributed by atoms with E-state index in [0.29, 0.717) is 26.4 Å². The number of carbonyl (C=O) groups excluding carboxylic acids is 2. The van der Waals surface area contributed by atoms with Crippen LogP contribution in [0.1, 0.15) is 17.9 Å². The van der Waals surface area contributed by atoms with E-state index in [4.69, 9.17) is 46.4 Å². The Hall–Kier alpha value is -2.78. The van der Waals surface area contributed by atoms with Crippen molar-refractivity contribution in [2.45, 2.75) is 12.3 Å². The van der Waals surface area contributed by atoms with Crippen molar-refractivity contribution in [3.05, 3.63) is 72.4 Å². The first-order chi connectivity index (χ1) is 15.2. The number of H-pyrrole nitrogens is 1. The molecule has 2 heterocycles. The van der Waals surface area contributed by atoms with Gasteiger partial charge in [-0.05, 0) is 36.4 Å². The van der Waals surface area contributed by atoms with Gasteiger partial charge in [-0.1, -0.05) is 46.4 Å². The second-order valence-corrected chi connectivity index (χ2v) is 8.57. The molecule has 4 N–H and O–H groups in total. The zero-order valence-corrected chi connectivity index (χ0v) is 19.0. The number of carbonyl (C=O) groups is 2. The molecule has 0 bridgehead atoms. The molecule has 4 rings (SSSR count). The van der Waals surface area contributed by atoms with E-state index in [1.54, 1.807) is 24.3 Å². The standard InChI is InChI=1S/C20H13Cl4N5O3/c21-8-3-9(22)5-11(4-8)26-20-28-17-16(19(32)29-20)12(7-15(30)27-17)18(31)25-10-1-2-13(23)14(24)6-10/h1-6,12H,7H2,(H,25,31)(H3,26,27,28,29,30,32)/t12-/m1/s1. The Morgan fingerprint density at radius 1 is 0.969 bits per heavy atom. The molecule has 2 amide bonds. The minimum absolute atomic E-state index is 0.0186. The van der Waals surface area contributed by atoms with Crippen LogP contribution >= 0.6 is 46.4 Å². The molecular formula is C20H13Cl4N5O3. The SMILES string of the molecule is O=C1C[C@@H](C(=O)Nc2ccc(Cl)c(Cl)c2)c2c(nc(Nc3cc(Cl)cc(Cl)c3)[nH]c2=O)N1. The topological polar surface area (TPSA) is 116 Å². The van der Waals surface area contributed by atoms with Crippen molar-refractivity contribution in [3.63, 3.8) is 0 Å². The summed E-state index contributed by atoms with van der Waals surface area (Å²) in [6.07, 6.45) is -0.221. The molecule has 0 aliphatic carbocycles. The summed E-state index contributed by atoms with van der Waals surface area (Å²) in [5.41, 5.74) is 0.302. The van der Waals surface area contributed by atoms with Crippen LogP contribution in [-0.2, 0) is 9.59 Å². The molecule has 0 unspecified atom stereocenters. The van der Waals surface area contributed by atoms with E-state index in [2.05, 4.69) is 25.9 Å². The van der Waals surface area contributed by atoms with E-state index in [1.165, 1.54) is 12.1 Å². The van der Waals surface area contributed by atoms with Gasteiger partial charge in [-0.15, -0.1) is 0 Å². The highest BCUT2D eigenvalue weighted by atomic mass is 35.5. The maximum atomic E-state index is 12.9. The zero-order chi connectivity index (χ0) is 23.0. The van der Waals surface area contributed by atoms with E-state index in [1.807, 2.05) is 0 Å². The molecule has 0 radical (unpaired) electrons. The van der Waals surface area contributed by atoms with E-state index in [0.717, 1.165) is 0 Å². The van der Waals surface area contributed by atoms with Crippen LogP contribution in [-0.4, -0.2) is 21.8 Å². The minimum atomic E-state index is -1.06. The van der Waals surface area contributed by atoms with Gasteiger partial charge in [0.25, 0.3) is 5.56 Å². The number of anilines is 4. The van der Waals surface area contributed by atoms with Crippen LogP contribution in [0.3, 0.4) is 0 Å². The molecular weight excluding hydrogens is 500 g/mol. The molecule has 1 aromatic heterocycles. The number of fused-ring (bicyclic) bond motifs is 1. The first-order valence-electron chi connectivity index (χ1n) is 9.12. The average molecular weight is 513 g/mol. The predicted octanol–water partition coefficient (Wildman–Crippen LogP) is 5.19. The Kier molecular flexibility index (Phi) is 6.30. The molecule has 32 heavy (non-hydrogen) atoms. The summed E-state index contributed by atoms with van der Waals surface area (Å²) in [5.74, 6) is -2.05. The zero-order valence-electron chi connectivity index (χ0n) is 15.9. The van der Waals surface area contributed by atoms with Gasteiger partial charge in [0.1, 0.15) is 5.82 Å². The number of halogens is 4. The van der Waals surface area contributed by atoms with Crippen molar-refractivity contribution in [1.29, 1.82) is 0 Å². The lowest BCUT2D eigenvalue weighted by Gasteiger charge is -2.23. The van der Waals surface area contributed by atoms with Crippen molar-refractivity contribution in [2.75, 3.05) is 16.0 Å². The molecule has 3 aromatic rings. The first kappa shape index (κ1) is 22.4. The largest absolute Gasteiger partial charge is 0.326 e. The second kappa shape index (κ2) is 8.99. The number of nitrogens with one attached hydrogen (secondary N) is 4. The summed E-state index contributed by atoms with van der Waals surface area (Å²) in [6, 6.07) is 9.26. The number of benzene rings is 2. The van der Waals surface area contributed by atoms with Crippen molar-refractivity contribution in [3.8, 4) is 0 Å². The normalized spacial score (nSPS) is 15.0. The summed E-state index contributed by atoms with van der Waals surface area (Å²) in [4.78, 5) is 44.7. The van der Waals surface area contributed by atoms with Crippen molar-refractivity contribution >= 4 is 81.4 Å². The highest BCUT2D eigenvalue weighted by molar-refractivity contribution is 6.42. The maximum absolute atomic E-state index is 12.9. The third-order valence-corrected chi connectivity index (χ3v) is 5.76. The minimum Gasteiger partial charge on any atom is -0.326 e. The van der Waals surface area contributed by atoms with Crippen molar-refractivity contribution < 1.29 is 9.59 Å². The predicted molar refractivity (Wildman–Crippen MR) is 126 cm³/mol. The summed E-state index contributed by atoms with van der Waals surface area (Å²) >= 11 is 23.8. The molecule has 0 spiro atoms. The quantitative estimate of drug-likeness (QED) is 0.383. The van der Waals surface area contributed by atoms with Crippen LogP contribution in [0.15, 0.2) is 41.2 Å². The lowest BCUT2D eigenvalue weighted by Crippen LogP contribution is -2.36. The molecule has 1 aliphatic heterocycles. The number of amides is 2. The van der Waals surface area contributed by atoms with Crippen LogP contribution < -0.4 is 21.5 Å². The Labute approximate surface area is 201 Å². The van der Waals surface area contributed by atoms with E-state index < -0.39 is 23.3 Å². The fourth-order valence-electron chi connectivity index (χ4n) is 3.22. The smallest absolute Gasteiger partial charge is 0.258 e. The molecule has 0 saturated heterocycles. The fourth-order valence-corrected chi connectivity index (χ4v) is 4.04. The number of nitrogens with zero attached hydrogens (tertiary/aromatic N) is 1. The number of hydrogen-bond acceptors (Lipinski definition) is 5. The maximum Gasteiger partial charge on any atom is 0.258 e. The molecule has 0 saturated carbocycles. The molecule has 164 valence electrons. The third-order valence-electron chi connectivity index (χ3n) is 4.58. The van der Waals surface area contributed by atoms with E-state index >= 15 is 0 Å². The van der Waals surface area contributed by atoms with Gasteiger partial charge in [0.2, 0.25) is 17.8 Å². The molecule has 12 heteroatoms. The van der Waals surface area contributed by atoms with Gasteiger partial charge in [-0.25, -0.2) is 0 Å². The number of hydrogen-bond donors (Lipinski definition) is 4. The molecule has 1 aliphatic rings. The van der Waals surface area contributed by atoms with Gasteiger partial charge in [0.05, 0.1) is 21.5 Å². The molecule has 1 atom stereocenters. The van der Waals surface area contributed by atoms with Crippen molar-refractivity contribution in [1.82, 2.24) is 9.97 Å². The van der Waals surface area contributed by atoms with Gasteiger partial charge >= 0.3 is 0 Å². The Balaban J connectivity index is 1.64. The monoisotopic (exact) mass is 511 g/mol. The third kappa shape index (κ3) is 4.83. The van der Waals surface area contributed by atoms with Gasteiger partial charge in [0.15, 0.2) is 0 Å². The van der Waals surface area contributed by atoms with Crippen LogP contribution in [0.25, 0.3) is 0 Å². The highest BCUT2D eigenvalue weighted by Crippen LogP contribution is 2.32. The summed E-state index contributed by atoms with van der Waals surface area (Å²) < 4.78 is 0. The second-order valence-electron chi connectivity index (χ2n) is 6.88. The van der Waals surface area contributed by atoms with Gasteiger partial charge in [0, 0.05) is 27.8 Å². The fraction of sp³-hybridized carbons (Fsp3) is 0.100. The number of rotatable bonds is 4. The van der Waals surface area contributed by atoms with E-state index in [-0.39, 0.29) is 28.8 Å². The summed E-state index contributed by atoms with van der Waals surface area (Å²) in [6.45, 7) is 0. The first-order valence-corrected chi connectivity index (χ1v) is 10.6. The molecule has 8 nitrogen and oxygen atoms in total. The van der Waals surface area contributed by atoms with Crippen LogP contribution in [0.5, 0.6) is 0 Å². The highest BCUT2D eigenvalue weighted by Gasteiger charge is 2.34. The number of aromatic nitrogens is 2. The molecule has 0 fully saturated rings. The van der Waals surface area contributed by atoms with E-state index in [9.17, 15) is 14.4 Å². The van der Waals surface area contributed by atoms with Gasteiger partial charge < -0.3 is 16.0 Å². The summed E-state index contributed by atoms with van der Waals surface area (Å²) in [7, 11) is 0. The van der Waals surface area contributed by atoms with Crippen LogP contribution in [0.2, 0.25) is 20.1 Å². The molecule has 2 aromatic carbocycles. The average Bonchev–Trinajstić information content (AvgIpc) is 2.69. The van der Waals surface area contributed by atoms with Crippen molar-refractivity contribution in [2.24, 2.45) is 0 Å². The lowest BCUT2D eigenvalue weighted by molar-refractivity contribution is -0.123. The Bertz CT molecular complexity index is 1290. The summed E-state index contributed by atoms with van der Waals surface area (Å²) in [5, 5.41) is 9.40. The lowest BCUT2D eigenvalue weighted by atomic mass is 9.92.